The van der Waals surface area contributed by atoms with Crippen LogP contribution in [0.4, 0.5) is 0 Å². The lowest BCUT2D eigenvalue weighted by molar-refractivity contribution is -0.0197. The first kappa shape index (κ1) is 6.45. The van der Waals surface area contributed by atoms with E-state index in [4.69, 9.17) is 0 Å². The molecule has 56 valence electrons. The molecule has 2 aliphatic rings. The third-order valence-electron chi connectivity index (χ3n) is 3.83. The fourth-order valence-electron chi connectivity index (χ4n) is 2.82. The summed E-state index contributed by atoms with van der Waals surface area (Å²) in [6.45, 7) is 4.82. The maximum Gasteiger partial charge on any atom is -0.0177 e. The van der Waals surface area contributed by atoms with E-state index in [0.29, 0.717) is 0 Å². The summed E-state index contributed by atoms with van der Waals surface area (Å²) in [7, 11) is 0. The van der Waals surface area contributed by atoms with Gasteiger partial charge in [0, 0.05) is 0 Å². The van der Waals surface area contributed by atoms with E-state index in [-0.39, 0.29) is 0 Å². The molecule has 1 saturated carbocycles. The molecule has 1 spiro atoms. The number of hydrogen-bond acceptors (Lipinski definition) is 0. The van der Waals surface area contributed by atoms with Crippen LogP contribution in [0.5, 0.6) is 0 Å². The average Bonchev–Trinajstić information content (AvgIpc) is 2.37. The Morgan fingerprint density at radius 2 is 1.60 bits per heavy atom. The van der Waals surface area contributed by atoms with Gasteiger partial charge in [-0.3, -0.25) is 0 Å². The van der Waals surface area contributed by atoms with Crippen LogP contribution in [0.25, 0.3) is 0 Å². The topological polar surface area (TPSA) is 0 Å². The molecular formula is C10H16. The number of allylic oxidation sites excluding steroid dienone is 2. The Morgan fingerprint density at radius 3 is 1.90 bits per heavy atom. The normalized spacial score (nSPS) is 42.2. The van der Waals surface area contributed by atoms with Gasteiger partial charge in [0.25, 0.3) is 0 Å². The lowest BCUT2D eigenvalue weighted by Gasteiger charge is -2.52. The van der Waals surface area contributed by atoms with Crippen molar-refractivity contribution < 1.29 is 0 Å². The Kier molecular flexibility index (Phi) is 1.21. The lowest BCUT2D eigenvalue weighted by Crippen LogP contribution is -2.44. The van der Waals surface area contributed by atoms with Crippen LogP contribution >= 0.6 is 0 Å². The van der Waals surface area contributed by atoms with Gasteiger partial charge in [0.1, 0.15) is 0 Å². The molecule has 0 aromatic carbocycles. The molecule has 0 radical (unpaired) electrons. The van der Waals surface area contributed by atoms with Crippen LogP contribution in [0.3, 0.4) is 0 Å². The predicted molar refractivity (Wildman–Crippen MR) is 43.8 cm³/mol. The Balaban J connectivity index is 2.14. The van der Waals surface area contributed by atoms with Crippen molar-refractivity contribution in [2.24, 2.45) is 17.3 Å². The van der Waals surface area contributed by atoms with Gasteiger partial charge in [-0.25, -0.2) is 0 Å². The second-order valence-corrected chi connectivity index (χ2v) is 4.15. The summed E-state index contributed by atoms with van der Waals surface area (Å²) in [5.41, 5.74) is 0.722. The van der Waals surface area contributed by atoms with Gasteiger partial charge in [0.05, 0.1) is 0 Å². The summed E-state index contributed by atoms with van der Waals surface area (Å²) < 4.78 is 0. The first-order chi connectivity index (χ1) is 4.76. The maximum absolute atomic E-state index is 2.41. The summed E-state index contributed by atoms with van der Waals surface area (Å²) in [4.78, 5) is 0. The number of hydrogen-bond donors (Lipinski definition) is 0. The van der Waals surface area contributed by atoms with Gasteiger partial charge in [-0.2, -0.15) is 0 Å². The first-order valence-electron chi connectivity index (χ1n) is 4.41. The lowest BCUT2D eigenvalue weighted by atomic mass is 9.53. The molecule has 2 atom stereocenters. The minimum atomic E-state index is 0.722. The van der Waals surface area contributed by atoms with E-state index < -0.39 is 0 Å². The quantitative estimate of drug-likeness (QED) is 0.449. The van der Waals surface area contributed by atoms with Gasteiger partial charge < -0.3 is 0 Å². The van der Waals surface area contributed by atoms with E-state index in [1.807, 2.05) is 0 Å². The van der Waals surface area contributed by atoms with Crippen molar-refractivity contribution in [1.82, 2.24) is 0 Å². The van der Waals surface area contributed by atoms with Crippen LogP contribution in [0.1, 0.15) is 33.1 Å². The van der Waals surface area contributed by atoms with Crippen molar-refractivity contribution >= 4 is 0 Å². The van der Waals surface area contributed by atoms with Crippen LogP contribution in [0.2, 0.25) is 0 Å². The van der Waals surface area contributed by atoms with Gasteiger partial charge in [0.15, 0.2) is 0 Å². The summed E-state index contributed by atoms with van der Waals surface area (Å²) >= 11 is 0. The van der Waals surface area contributed by atoms with Gasteiger partial charge in [0.2, 0.25) is 0 Å². The van der Waals surface area contributed by atoms with Gasteiger partial charge >= 0.3 is 0 Å². The van der Waals surface area contributed by atoms with Crippen molar-refractivity contribution in [3.05, 3.63) is 12.2 Å². The second kappa shape index (κ2) is 1.87. The molecule has 2 unspecified atom stereocenters. The average molecular weight is 136 g/mol. The Labute approximate surface area is 63.3 Å². The van der Waals surface area contributed by atoms with E-state index in [2.05, 4.69) is 26.0 Å². The standard InChI is InChI=1S/C10H16/c1-8-7-9(2)10(8)5-3-4-6-10/h3-4,8-9H,5-7H2,1-2H3. The molecule has 0 aromatic rings. The third kappa shape index (κ3) is 0.574. The zero-order valence-corrected chi connectivity index (χ0v) is 6.93. The number of rotatable bonds is 0. The monoisotopic (exact) mass is 136 g/mol. The fourth-order valence-corrected chi connectivity index (χ4v) is 2.82. The van der Waals surface area contributed by atoms with E-state index in [1.54, 1.807) is 0 Å². The summed E-state index contributed by atoms with van der Waals surface area (Å²) in [5.74, 6) is 1.97. The van der Waals surface area contributed by atoms with Gasteiger partial charge in [-0.1, -0.05) is 26.0 Å². The molecular weight excluding hydrogens is 120 g/mol. The minimum Gasteiger partial charge on any atom is -0.0879 e. The zero-order chi connectivity index (χ0) is 7.19. The molecule has 0 aliphatic heterocycles. The van der Waals surface area contributed by atoms with E-state index in [0.717, 1.165) is 17.3 Å². The van der Waals surface area contributed by atoms with Crippen LogP contribution < -0.4 is 0 Å². The van der Waals surface area contributed by atoms with Crippen molar-refractivity contribution in [2.75, 3.05) is 0 Å². The zero-order valence-electron chi connectivity index (χ0n) is 6.93. The van der Waals surface area contributed by atoms with Crippen molar-refractivity contribution in [2.45, 2.75) is 33.1 Å². The van der Waals surface area contributed by atoms with E-state index in [1.165, 1.54) is 19.3 Å². The smallest absolute Gasteiger partial charge is 0.0177 e. The van der Waals surface area contributed by atoms with Gasteiger partial charge in [-0.15, -0.1) is 0 Å². The summed E-state index contributed by atoms with van der Waals surface area (Å²) in [5, 5.41) is 0. The molecule has 0 saturated heterocycles. The third-order valence-corrected chi connectivity index (χ3v) is 3.83. The molecule has 2 aliphatic carbocycles. The largest absolute Gasteiger partial charge is 0.0879 e. The molecule has 0 bridgehead atoms. The second-order valence-electron chi connectivity index (χ2n) is 4.15. The highest BCUT2D eigenvalue weighted by Gasteiger charge is 2.49. The molecule has 1 fully saturated rings. The molecule has 0 N–H and O–H groups in total. The summed E-state index contributed by atoms with van der Waals surface area (Å²) in [6, 6.07) is 0. The molecule has 0 amide bonds. The van der Waals surface area contributed by atoms with E-state index >= 15 is 0 Å². The molecule has 10 heavy (non-hydrogen) atoms. The van der Waals surface area contributed by atoms with Gasteiger partial charge in [-0.05, 0) is 36.5 Å². The highest BCUT2D eigenvalue weighted by Crippen LogP contribution is 2.58. The Bertz CT molecular complexity index is 149. The summed E-state index contributed by atoms with van der Waals surface area (Å²) in [6.07, 6.45) is 8.91. The van der Waals surface area contributed by atoms with Crippen molar-refractivity contribution in [1.29, 1.82) is 0 Å². The molecule has 2 rings (SSSR count). The SMILES string of the molecule is CC1CC(C)C12CC=CC2. The minimum absolute atomic E-state index is 0.722. The molecule has 0 nitrogen and oxygen atoms in total. The van der Waals surface area contributed by atoms with E-state index in [9.17, 15) is 0 Å². The van der Waals surface area contributed by atoms with Crippen LogP contribution in [-0.4, -0.2) is 0 Å². The van der Waals surface area contributed by atoms with Crippen LogP contribution in [-0.2, 0) is 0 Å². The highest BCUT2D eigenvalue weighted by atomic mass is 14.5. The van der Waals surface area contributed by atoms with Crippen LogP contribution in [0, 0.1) is 17.3 Å². The molecule has 0 aromatic heterocycles. The molecule has 0 heterocycles. The predicted octanol–water partition coefficient (Wildman–Crippen LogP) is 3.00. The Morgan fingerprint density at radius 1 is 1.10 bits per heavy atom. The maximum atomic E-state index is 2.41. The van der Waals surface area contributed by atoms with Crippen molar-refractivity contribution in [3.63, 3.8) is 0 Å². The molecule has 0 heteroatoms. The van der Waals surface area contributed by atoms with Crippen LogP contribution in [0.15, 0.2) is 12.2 Å². The Hall–Kier alpha value is -0.260. The highest BCUT2D eigenvalue weighted by molar-refractivity contribution is 5.11. The first-order valence-corrected chi connectivity index (χ1v) is 4.41. The van der Waals surface area contributed by atoms with Crippen molar-refractivity contribution in [3.8, 4) is 0 Å². The fraction of sp³-hybridized carbons (Fsp3) is 0.800.